The highest BCUT2D eigenvalue weighted by Crippen LogP contribution is 2.18. The molecule has 0 atom stereocenters. The van der Waals surface area contributed by atoms with Crippen LogP contribution in [0.25, 0.3) is 0 Å². The molecule has 0 heterocycles. The van der Waals surface area contributed by atoms with E-state index >= 15 is 0 Å². The van der Waals surface area contributed by atoms with Gasteiger partial charge in [-0.3, -0.25) is 9.96 Å². The molecule has 0 radical (unpaired) electrons. The number of carbonyl (C=O) groups is 1. The van der Waals surface area contributed by atoms with Crippen molar-refractivity contribution in [2.75, 3.05) is 6.26 Å². The summed E-state index contributed by atoms with van der Waals surface area (Å²) < 4.78 is 31.1. The van der Waals surface area contributed by atoms with E-state index in [0.717, 1.165) is 5.56 Å². The molecule has 8 heteroatoms. The van der Waals surface area contributed by atoms with Crippen molar-refractivity contribution in [1.29, 1.82) is 5.41 Å². The number of rotatable bonds is 3. The van der Waals surface area contributed by atoms with E-state index in [-0.39, 0.29) is 5.84 Å². The molecule has 2 aromatic carbocycles. The minimum Gasteiger partial charge on any atom is -0.423 e. The quantitative estimate of drug-likeness (QED) is 0.255. The van der Waals surface area contributed by atoms with Crippen molar-refractivity contribution in [2.24, 2.45) is 5.73 Å². The van der Waals surface area contributed by atoms with Gasteiger partial charge in [-0.1, -0.05) is 18.2 Å². The van der Waals surface area contributed by atoms with Gasteiger partial charge >= 0.3 is 5.97 Å². The number of hydrogen-bond acceptors (Lipinski definition) is 5. The van der Waals surface area contributed by atoms with Crippen LogP contribution in [0.4, 0.5) is 0 Å². The molecular weight excluding hydrogens is 332 g/mol. The van der Waals surface area contributed by atoms with Crippen LogP contribution in [0.2, 0.25) is 0 Å². The Morgan fingerprint density at radius 2 is 1.71 bits per heavy atom. The third-order valence-corrected chi connectivity index (χ3v) is 2.71. The first-order valence-corrected chi connectivity index (χ1v) is 8.57. The van der Waals surface area contributed by atoms with E-state index in [1.54, 1.807) is 42.5 Å². The van der Waals surface area contributed by atoms with Gasteiger partial charge in [0.2, 0.25) is 0 Å². The summed E-state index contributed by atoms with van der Waals surface area (Å²) in [7, 11) is -3.67. The summed E-state index contributed by atoms with van der Waals surface area (Å²) in [6.45, 7) is 1.82. The van der Waals surface area contributed by atoms with Crippen LogP contribution >= 0.6 is 0 Å². The second kappa shape index (κ2) is 8.23. The summed E-state index contributed by atoms with van der Waals surface area (Å²) in [5, 5.41) is 7.39. The van der Waals surface area contributed by atoms with Crippen LogP contribution < -0.4 is 10.5 Å². The molecule has 128 valence electrons. The Kier molecular flexibility index (Phi) is 6.63. The first-order chi connectivity index (χ1) is 11.1. The Hall–Kier alpha value is -2.71. The third-order valence-electron chi connectivity index (χ3n) is 2.71. The Morgan fingerprint density at radius 3 is 2.17 bits per heavy atom. The van der Waals surface area contributed by atoms with Gasteiger partial charge < -0.3 is 10.5 Å². The fraction of sp³-hybridized carbons (Fsp3) is 0.125. The summed E-state index contributed by atoms with van der Waals surface area (Å²) in [4.78, 5) is 11.9. The van der Waals surface area contributed by atoms with Crippen LogP contribution in [-0.4, -0.2) is 31.0 Å². The molecule has 0 saturated carbocycles. The van der Waals surface area contributed by atoms with Crippen LogP contribution in [0.3, 0.4) is 0 Å². The SMILES string of the molecule is CS(=O)(=O)O.Cc1cc(OC(=O)c2ccccc2)ccc1C(=N)N. The van der Waals surface area contributed by atoms with Gasteiger partial charge in [-0.05, 0) is 42.8 Å². The van der Waals surface area contributed by atoms with Crippen molar-refractivity contribution in [3.8, 4) is 5.75 Å². The number of nitrogens with one attached hydrogen (secondary N) is 1. The van der Waals surface area contributed by atoms with Crippen LogP contribution in [0.15, 0.2) is 48.5 Å². The van der Waals surface area contributed by atoms with Gasteiger partial charge in [0.15, 0.2) is 0 Å². The van der Waals surface area contributed by atoms with E-state index in [1.165, 1.54) is 0 Å². The van der Waals surface area contributed by atoms with Crippen molar-refractivity contribution in [3.05, 3.63) is 65.2 Å². The Balaban J connectivity index is 0.000000505. The molecule has 0 fully saturated rings. The molecule has 7 nitrogen and oxygen atoms in total. The molecular formula is C16H18N2O5S. The maximum atomic E-state index is 11.9. The molecule has 0 aliphatic heterocycles. The molecule has 4 N–H and O–H groups in total. The van der Waals surface area contributed by atoms with Gasteiger partial charge in [0, 0.05) is 5.56 Å². The van der Waals surface area contributed by atoms with Crippen molar-refractivity contribution in [1.82, 2.24) is 0 Å². The normalized spacial score (nSPS) is 10.3. The topological polar surface area (TPSA) is 131 Å². The van der Waals surface area contributed by atoms with E-state index in [2.05, 4.69) is 0 Å². The number of benzene rings is 2. The summed E-state index contributed by atoms with van der Waals surface area (Å²) in [6.07, 6.45) is 0.715. The molecule has 2 aromatic rings. The van der Waals surface area contributed by atoms with E-state index < -0.39 is 16.1 Å². The molecule has 0 spiro atoms. The first kappa shape index (κ1) is 19.3. The lowest BCUT2D eigenvalue weighted by Gasteiger charge is -2.08. The van der Waals surface area contributed by atoms with Crippen molar-refractivity contribution in [3.63, 3.8) is 0 Å². The van der Waals surface area contributed by atoms with E-state index in [4.69, 9.17) is 20.4 Å². The Bertz CT molecular complexity index is 825. The number of carbonyl (C=O) groups excluding carboxylic acids is 1. The number of ether oxygens (including phenoxy) is 1. The van der Waals surface area contributed by atoms with Crippen molar-refractivity contribution < 1.29 is 22.5 Å². The van der Waals surface area contributed by atoms with Gasteiger partial charge in [-0.15, -0.1) is 0 Å². The number of nitrogen functional groups attached to an aromatic ring is 1. The average molecular weight is 350 g/mol. The fourth-order valence-corrected chi connectivity index (χ4v) is 1.74. The molecule has 2 rings (SSSR count). The summed E-state index contributed by atoms with van der Waals surface area (Å²) >= 11 is 0. The van der Waals surface area contributed by atoms with Gasteiger partial charge in [-0.25, -0.2) is 4.79 Å². The van der Waals surface area contributed by atoms with E-state index in [9.17, 15) is 13.2 Å². The van der Waals surface area contributed by atoms with Gasteiger partial charge in [0.05, 0.1) is 11.8 Å². The summed E-state index contributed by atoms with van der Waals surface area (Å²) in [5.74, 6) is 0.0327. The lowest BCUT2D eigenvalue weighted by atomic mass is 10.1. The highest BCUT2D eigenvalue weighted by molar-refractivity contribution is 7.85. The molecule has 0 amide bonds. The highest BCUT2D eigenvalue weighted by Gasteiger charge is 2.09. The van der Waals surface area contributed by atoms with E-state index in [1.807, 2.05) is 13.0 Å². The second-order valence-corrected chi connectivity index (χ2v) is 6.35. The monoisotopic (exact) mass is 350 g/mol. The number of aryl methyl sites for hydroxylation is 1. The maximum Gasteiger partial charge on any atom is 0.343 e. The molecule has 0 aliphatic rings. The number of amidine groups is 1. The molecule has 0 aromatic heterocycles. The van der Waals surface area contributed by atoms with Crippen LogP contribution in [0.1, 0.15) is 21.5 Å². The lowest BCUT2D eigenvalue weighted by Crippen LogP contribution is -2.13. The summed E-state index contributed by atoms with van der Waals surface area (Å²) in [5.41, 5.74) is 7.36. The third kappa shape index (κ3) is 7.03. The minimum absolute atomic E-state index is 0.00145. The van der Waals surface area contributed by atoms with Crippen LogP contribution in [0, 0.1) is 12.3 Å². The van der Waals surface area contributed by atoms with E-state index in [0.29, 0.717) is 23.1 Å². The molecule has 0 bridgehead atoms. The average Bonchev–Trinajstić information content (AvgIpc) is 2.46. The predicted molar refractivity (Wildman–Crippen MR) is 91.1 cm³/mol. The largest absolute Gasteiger partial charge is 0.423 e. The summed E-state index contributed by atoms with van der Waals surface area (Å²) in [6, 6.07) is 13.8. The standard InChI is InChI=1S/C15H14N2O2.CH4O3S/c1-10-9-12(7-8-13(10)14(16)17)19-15(18)11-5-3-2-4-6-11;1-5(2,3)4/h2-9H,1H3,(H3,16,17);1H3,(H,2,3,4). The van der Waals surface area contributed by atoms with Crippen LogP contribution in [-0.2, 0) is 10.1 Å². The van der Waals surface area contributed by atoms with Crippen molar-refractivity contribution in [2.45, 2.75) is 6.92 Å². The smallest absolute Gasteiger partial charge is 0.343 e. The van der Waals surface area contributed by atoms with Crippen molar-refractivity contribution >= 4 is 21.9 Å². The Morgan fingerprint density at radius 1 is 1.17 bits per heavy atom. The minimum atomic E-state index is -3.67. The first-order valence-electron chi connectivity index (χ1n) is 6.72. The zero-order chi connectivity index (χ0) is 18.3. The number of hydrogen-bond donors (Lipinski definition) is 3. The van der Waals surface area contributed by atoms with Crippen LogP contribution in [0.5, 0.6) is 5.75 Å². The highest BCUT2D eigenvalue weighted by atomic mass is 32.2. The molecule has 0 saturated heterocycles. The zero-order valence-corrected chi connectivity index (χ0v) is 14.0. The number of esters is 1. The second-order valence-electron chi connectivity index (χ2n) is 4.88. The predicted octanol–water partition coefficient (Wildman–Crippen LogP) is 2.00. The van der Waals surface area contributed by atoms with Gasteiger partial charge in [-0.2, -0.15) is 8.42 Å². The Labute approximate surface area is 140 Å². The molecule has 0 aliphatic carbocycles. The number of nitrogens with two attached hydrogens (primary N) is 1. The van der Waals surface area contributed by atoms with Gasteiger partial charge in [0.25, 0.3) is 10.1 Å². The zero-order valence-electron chi connectivity index (χ0n) is 13.2. The fourth-order valence-electron chi connectivity index (χ4n) is 1.74. The maximum absolute atomic E-state index is 11.9. The molecule has 0 unspecified atom stereocenters. The molecule has 24 heavy (non-hydrogen) atoms. The lowest BCUT2D eigenvalue weighted by molar-refractivity contribution is 0.0734. The van der Waals surface area contributed by atoms with Gasteiger partial charge in [0.1, 0.15) is 11.6 Å².